The number of anilines is 5. The van der Waals surface area contributed by atoms with Crippen LogP contribution < -0.4 is 42.5 Å². The molecule has 2 aromatic heterocycles. The predicted molar refractivity (Wildman–Crippen MR) is 280 cm³/mol. The van der Waals surface area contributed by atoms with E-state index in [9.17, 15) is 24.0 Å². The van der Waals surface area contributed by atoms with Crippen LogP contribution in [0.4, 0.5) is 33.8 Å². The van der Waals surface area contributed by atoms with Crippen LogP contribution in [0.3, 0.4) is 0 Å². The summed E-state index contributed by atoms with van der Waals surface area (Å²) in [5, 5.41) is 24.3. The number of likely N-dealkylation sites (N-methyl/N-ethyl adjacent to an activating group) is 1. The van der Waals surface area contributed by atoms with E-state index in [0.29, 0.717) is 120 Å². The number of carbonyl (C=O) groups excluding carboxylic acids is 5. The number of pyridine rings is 1. The van der Waals surface area contributed by atoms with Crippen LogP contribution in [0.2, 0.25) is 0 Å². The number of hydrogen-bond acceptors (Lipinski definition) is 15. The molecule has 2 fully saturated rings. The summed E-state index contributed by atoms with van der Waals surface area (Å²) in [6.45, 7) is 5.92. The van der Waals surface area contributed by atoms with Gasteiger partial charge in [0.25, 0.3) is 0 Å². The lowest BCUT2D eigenvalue weighted by molar-refractivity contribution is -0.123. The van der Waals surface area contributed by atoms with Gasteiger partial charge >= 0.3 is 6.03 Å². The molecule has 2 saturated heterocycles. The number of ether oxygens (including phenoxy) is 3. The lowest BCUT2D eigenvalue weighted by Crippen LogP contribution is -2.36. The number of nitrogens with one attached hydrogen (secondary N) is 8. The molecule has 22 heteroatoms. The molecule has 2 aliphatic heterocycles. The van der Waals surface area contributed by atoms with Crippen molar-refractivity contribution >= 4 is 86.3 Å². The molecule has 2 aliphatic rings. The molecule has 0 unspecified atom stereocenters. The smallest absolute Gasteiger partial charge is 0.315 e. The number of amides is 6. The maximum atomic E-state index is 12.6. The van der Waals surface area contributed by atoms with Crippen molar-refractivity contribution < 1.29 is 38.2 Å². The molecule has 4 heterocycles. The second-order valence-corrected chi connectivity index (χ2v) is 19.3. The zero-order valence-electron chi connectivity index (χ0n) is 40.7. The molecule has 3 atom stereocenters. The number of halogens is 1. The molecule has 1 aromatic carbocycles. The lowest BCUT2D eigenvalue weighted by Gasteiger charge is -2.16. The van der Waals surface area contributed by atoms with E-state index in [1.165, 1.54) is 12.4 Å². The highest BCUT2D eigenvalue weighted by atomic mass is 79.9. The second-order valence-electron chi connectivity index (χ2n) is 17.1. The Labute approximate surface area is 429 Å². The number of carbonyl (C=O) groups is 5. The van der Waals surface area contributed by atoms with Crippen LogP contribution in [0.1, 0.15) is 70.6 Å². The Balaban J connectivity index is 0.747. The number of rotatable bonds is 36. The first kappa shape index (κ1) is 56.5. The van der Waals surface area contributed by atoms with E-state index in [0.717, 1.165) is 61.0 Å². The van der Waals surface area contributed by atoms with Crippen LogP contribution in [0.15, 0.2) is 71.5 Å². The van der Waals surface area contributed by atoms with Crippen molar-refractivity contribution in [2.24, 2.45) is 0 Å². The molecule has 0 spiro atoms. The number of nitrogens with zero attached hydrogens (tertiary/aromatic N) is 4. The van der Waals surface area contributed by atoms with Gasteiger partial charge in [-0.05, 0) is 88.9 Å². The van der Waals surface area contributed by atoms with Crippen LogP contribution in [0.5, 0.6) is 0 Å². The topological polar surface area (TPSA) is 251 Å². The van der Waals surface area contributed by atoms with Gasteiger partial charge in [0.15, 0.2) is 0 Å². The average Bonchev–Trinajstić information content (AvgIpc) is 3.90. The van der Waals surface area contributed by atoms with Crippen molar-refractivity contribution in [2.75, 3.05) is 101 Å². The number of thioether (sulfide) groups is 1. The fraction of sp³-hybridized carbons (Fsp3) is 0.551. The molecule has 5 rings (SSSR count). The molecular formula is C49H71BrN12O8S. The highest BCUT2D eigenvalue weighted by Crippen LogP contribution is 2.33. The molecule has 0 aliphatic carbocycles. The Kier molecular flexibility index (Phi) is 26.5. The Hall–Kier alpha value is -5.39. The predicted octanol–water partition coefficient (Wildman–Crippen LogP) is 5.40. The molecule has 20 nitrogen and oxygen atoms in total. The van der Waals surface area contributed by atoms with E-state index < -0.39 is 0 Å². The minimum atomic E-state index is -0.293. The molecular weight excluding hydrogens is 997 g/mol. The van der Waals surface area contributed by atoms with Crippen molar-refractivity contribution in [3.8, 4) is 0 Å². The Morgan fingerprint density at radius 1 is 0.732 bits per heavy atom. The maximum absolute atomic E-state index is 12.6. The maximum Gasteiger partial charge on any atom is 0.315 e. The molecule has 6 amide bonds. The fourth-order valence-corrected chi connectivity index (χ4v) is 9.48. The van der Waals surface area contributed by atoms with E-state index in [2.05, 4.69) is 78.3 Å². The van der Waals surface area contributed by atoms with Crippen LogP contribution in [-0.4, -0.2) is 152 Å². The third-order valence-electron chi connectivity index (χ3n) is 11.2. The fourth-order valence-electron chi connectivity index (χ4n) is 7.54. The van der Waals surface area contributed by atoms with E-state index in [-0.39, 0.29) is 48.2 Å². The van der Waals surface area contributed by atoms with Crippen molar-refractivity contribution in [2.45, 2.75) is 88.0 Å². The first-order chi connectivity index (χ1) is 34.6. The third-order valence-corrected chi connectivity index (χ3v) is 13.2. The number of aromatic nitrogens is 3. The molecule has 0 saturated carbocycles. The van der Waals surface area contributed by atoms with Crippen LogP contribution >= 0.6 is 27.7 Å². The standard InChI is InChI=1S/C49H71BrN12O8S/c1-62(25-9-20-47(66)60-41-16-7-15-40(58-41)59-43-33-42(54-35-55-43)56-37-13-6-12-36(50)32-37)24-5-4-21-51-45(64)18-8-19-46(65)53-23-11-27-69-29-31-70-30-28-68-26-10-22-52-44(63)17-3-2-14-39-48-38(34-71-39)57-49(67)61-48/h6-7,9,12-13,15-16,20,32-33,35,38-39,48H,2-5,8,10-11,14,17-19,21-31,34H2,1H3,(H,51,64)(H,52,63)(H,53,65)(H2,57,61,67)(H3,54,55,56,58,59,60,66)/b20-9+/t38-,39-,48-/m0/s1. The molecule has 71 heavy (non-hydrogen) atoms. The summed E-state index contributed by atoms with van der Waals surface area (Å²) in [5.74, 6) is 2.62. The van der Waals surface area contributed by atoms with E-state index in [1.807, 2.05) is 43.1 Å². The van der Waals surface area contributed by atoms with Gasteiger partial charge in [-0.25, -0.2) is 19.7 Å². The van der Waals surface area contributed by atoms with Gasteiger partial charge in [-0.15, -0.1) is 0 Å². The Morgan fingerprint density at radius 3 is 2.07 bits per heavy atom. The van der Waals surface area contributed by atoms with Gasteiger partial charge in [0.1, 0.15) is 29.6 Å². The lowest BCUT2D eigenvalue weighted by atomic mass is 10.0. The summed E-state index contributed by atoms with van der Waals surface area (Å²) < 4.78 is 17.6. The van der Waals surface area contributed by atoms with Gasteiger partial charge in [0.05, 0.1) is 38.5 Å². The highest BCUT2D eigenvalue weighted by molar-refractivity contribution is 9.10. The molecule has 0 radical (unpaired) electrons. The number of benzene rings is 1. The number of urea groups is 1. The van der Waals surface area contributed by atoms with E-state index >= 15 is 0 Å². The first-order valence-electron chi connectivity index (χ1n) is 24.6. The molecule has 0 bridgehead atoms. The summed E-state index contributed by atoms with van der Waals surface area (Å²) in [6.07, 6.45) is 12.2. The summed E-state index contributed by atoms with van der Waals surface area (Å²) >= 11 is 5.37. The van der Waals surface area contributed by atoms with Gasteiger partial charge < -0.3 is 61.6 Å². The second kappa shape index (κ2) is 33.3. The third kappa shape index (κ3) is 24.1. The highest BCUT2D eigenvalue weighted by Gasteiger charge is 2.42. The SMILES string of the molecule is CN(C/C=C/C(=O)Nc1cccc(Nc2cc(Nc3cccc(Br)c3)ncn2)n1)CCCCNC(=O)CCCC(=O)NCCCOCCOCCOCCCNC(=O)CCCC[C@@H]1SC[C@@H]2NC(=O)N[C@@H]21. The van der Waals surface area contributed by atoms with Gasteiger partial charge in [-0.2, -0.15) is 11.8 Å². The van der Waals surface area contributed by atoms with Gasteiger partial charge in [0, 0.05) is 92.0 Å². The van der Waals surface area contributed by atoms with Gasteiger partial charge in [0.2, 0.25) is 23.6 Å². The van der Waals surface area contributed by atoms with Crippen LogP contribution in [0, 0.1) is 0 Å². The first-order valence-corrected chi connectivity index (χ1v) is 26.4. The summed E-state index contributed by atoms with van der Waals surface area (Å²) in [7, 11) is 1.97. The normalized spacial score (nSPS) is 16.0. The number of fused-ring (bicyclic) bond motifs is 1. The van der Waals surface area contributed by atoms with E-state index in [1.54, 1.807) is 30.3 Å². The molecule has 8 N–H and O–H groups in total. The quantitative estimate of drug-likeness (QED) is 0.0206. The zero-order valence-corrected chi connectivity index (χ0v) is 43.1. The molecule has 388 valence electrons. The summed E-state index contributed by atoms with van der Waals surface area (Å²) in [4.78, 5) is 75.8. The monoisotopic (exact) mass is 1070 g/mol. The van der Waals surface area contributed by atoms with E-state index in [4.69, 9.17) is 14.2 Å². The summed E-state index contributed by atoms with van der Waals surface area (Å²) in [5.41, 5.74) is 0.875. The van der Waals surface area contributed by atoms with Gasteiger partial charge in [-0.3, -0.25) is 19.2 Å². The minimum Gasteiger partial charge on any atom is -0.379 e. The number of hydrogen-bond donors (Lipinski definition) is 8. The van der Waals surface area contributed by atoms with Crippen LogP contribution in [0.25, 0.3) is 0 Å². The Morgan fingerprint density at radius 2 is 1.37 bits per heavy atom. The van der Waals surface area contributed by atoms with Gasteiger partial charge in [-0.1, -0.05) is 40.6 Å². The van der Waals surface area contributed by atoms with Crippen molar-refractivity contribution in [3.63, 3.8) is 0 Å². The minimum absolute atomic E-state index is 0.0630. The summed E-state index contributed by atoms with van der Waals surface area (Å²) in [6, 6.07) is 15.2. The van der Waals surface area contributed by atoms with Crippen molar-refractivity contribution in [1.82, 2.24) is 46.4 Å². The largest absolute Gasteiger partial charge is 0.379 e. The Bertz CT molecular complexity index is 2140. The average molecular weight is 1070 g/mol. The van der Waals surface area contributed by atoms with Crippen molar-refractivity contribution in [3.05, 3.63) is 71.5 Å². The zero-order chi connectivity index (χ0) is 50.3. The van der Waals surface area contributed by atoms with Crippen molar-refractivity contribution in [1.29, 1.82) is 0 Å². The van der Waals surface area contributed by atoms with Crippen LogP contribution in [-0.2, 0) is 33.4 Å². The molecule has 3 aromatic rings. The number of unbranched alkanes of at least 4 members (excludes halogenated alkanes) is 2.